The van der Waals surface area contributed by atoms with E-state index in [4.69, 9.17) is 9.47 Å². The fraction of sp³-hybridized carbons (Fsp3) is 0.538. The second-order valence-electron chi connectivity index (χ2n) is 4.41. The Morgan fingerprint density at radius 2 is 1.82 bits per heavy atom. The summed E-state index contributed by atoms with van der Waals surface area (Å²) in [5.41, 5.74) is 0.419. The highest BCUT2D eigenvalue weighted by molar-refractivity contribution is 5.51. The molecule has 0 aliphatic carbocycles. The van der Waals surface area contributed by atoms with Gasteiger partial charge < -0.3 is 19.7 Å². The van der Waals surface area contributed by atoms with Crippen LogP contribution in [0.3, 0.4) is 0 Å². The molecule has 4 nitrogen and oxygen atoms in total. The van der Waals surface area contributed by atoms with Crippen LogP contribution in [0, 0.1) is 5.92 Å². The van der Waals surface area contributed by atoms with Crippen LogP contribution in [0.25, 0.3) is 0 Å². The van der Waals surface area contributed by atoms with Gasteiger partial charge in [-0.2, -0.15) is 0 Å². The summed E-state index contributed by atoms with van der Waals surface area (Å²) in [6.07, 6.45) is -0.174. The second kappa shape index (κ2) is 5.77. The molecule has 0 spiro atoms. The molecule has 17 heavy (non-hydrogen) atoms. The van der Waals surface area contributed by atoms with Crippen molar-refractivity contribution in [3.8, 4) is 17.2 Å². The van der Waals surface area contributed by atoms with Crippen LogP contribution in [-0.2, 0) is 0 Å². The maximum atomic E-state index is 10.1. The molecule has 1 rings (SSSR count). The Bertz CT molecular complexity index is 374. The number of benzene rings is 1. The van der Waals surface area contributed by atoms with Gasteiger partial charge in [0.1, 0.15) is 17.2 Å². The van der Waals surface area contributed by atoms with Crippen molar-refractivity contribution in [2.45, 2.75) is 26.4 Å². The van der Waals surface area contributed by atoms with Crippen LogP contribution in [0.15, 0.2) is 12.1 Å². The molecule has 0 aromatic heterocycles. The number of methoxy groups -OCH3 is 2. The minimum Gasteiger partial charge on any atom is -0.507 e. The number of aromatic hydroxyl groups is 1. The Kier molecular flexibility index (Phi) is 4.63. The highest BCUT2D eigenvalue weighted by Gasteiger charge is 2.20. The number of rotatable bonds is 5. The van der Waals surface area contributed by atoms with Crippen LogP contribution in [0.2, 0.25) is 0 Å². The first kappa shape index (κ1) is 13.6. The van der Waals surface area contributed by atoms with E-state index in [9.17, 15) is 10.2 Å². The summed E-state index contributed by atoms with van der Waals surface area (Å²) in [6, 6.07) is 3.12. The van der Waals surface area contributed by atoms with Crippen molar-refractivity contribution >= 4 is 0 Å². The maximum absolute atomic E-state index is 10.1. The summed E-state index contributed by atoms with van der Waals surface area (Å²) < 4.78 is 10.2. The lowest BCUT2D eigenvalue weighted by Crippen LogP contribution is -2.05. The molecule has 4 heteroatoms. The smallest absolute Gasteiger partial charge is 0.132 e. The zero-order valence-electron chi connectivity index (χ0n) is 10.7. The van der Waals surface area contributed by atoms with Crippen molar-refractivity contribution in [3.63, 3.8) is 0 Å². The second-order valence-corrected chi connectivity index (χ2v) is 4.41. The van der Waals surface area contributed by atoms with Gasteiger partial charge in [0, 0.05) is 12.1 Å². The molecule has 0 aliphatic rings. The lowest BCUT2D eigenvalue weighted by molar-refractivity contribution is 0.144. The Morgan fingerprint density at radius 1 is 1.18 bits per heavy atom. The van der Waals surface area contributed by atoms with Gasteiger partial charge in [0.05, 0.1) is 25.9 Å². The number of phenolic OH excluding ortho intramolecular Hbond substituents is 1. The molecule has 96 valence electrons. The first-order chi connectivity index (χ1) is 7.99. The Morgan fingerprint density at radius 3 is 2.29 bits per heavy atom. The summed E-state index contributed by atoms with van der Waals surface area (Å²) >= 11 is 0. The minimum absolute atomic E-state index is 0.00523. The van der Waals surface area contributed by atoms with Gasteiger partial charge in [0.25, 0.3) is 0 Å². The number of aliphatic hydroxyl groups excluding tert-OH is 1. The Hall–Kier alpha value is -1.42. The van der Waals surface area contributed by atoms with Gasteiger partial charge in [0.2, 0.25) is 0 Å². The molecule has 0 heterocycles. The van der Waals surface area contributed by atoms with Crippen molar-refractivity contribution in [2.24, 2.45) is 5.92 Å². The van der Waals surface area contributed by atoms with Gasteiger partial charge in [-0.25, -0.2) is 0 Å². The summed E-state index contributed by atoms with van der Waals surface area (Å²) in [7, 11) is 3.01. The van der Waals surface area contributed by atoms with Crippen molar-refractivity contribution in [1.29, 1.82) is 0 Å². The standard InChI is InChI=1S/C13H20O4/c1-8(2)5-10(14)13-11(15)6-9(16-3)7-12(13)17-4/h6-8,10,14-15H,5H2,1-4H3. The van der Waals surface area contributed by atoms with E-state index in [0.29, 0.717) is 29.4 Å². The molecular weight excluding hydrogens is 220 g/mol. The highest BCUT2D eigenvalue weighted by atomic mass is 16.5. The fourth-order valence-electron chi connectivity index (χ4n) is 1.77. The number of hydrogen-bond acceptors (Lipinski definition) is 4. The molecule has 0 saturated carbocycles. The minimum atomic E-state index is -0.740. The van der Waals surface area contributed by atoms with Crippen LogP contribution in [0.4, 0.5) is 0 Å². The first-order valence-corrected chi connectivity index (χ1v) is 5.62. The number of hydrogen-bond donors (Lipinski definition) is 2. The third-order valence-corrected chi connectivity index (χ3v) is 2.58. The quantitative estimate of drug-likeness (QED) is 0.830. The summed E-state index contributed by atoms with van der Waals surface area (Å²) in [6.45, 7) is 4.02. The van der Waals surface area contributed by atoms with Crippen LogP contribution >= 0.6 is 0 Å². The molecule has 0 amide bonds. The van der Waals surface area contributed by atoms with E-state index in [1.807, 2.05) is 13.8 Å². The average Bonchev–Trinajstić information content (AvgIpc) is 2.26. The molecule has 1 aromatic rings. The van der Waals surface area contributed by atoms with Crippen molar-refractivity contribution in [1.82, 2.24) is 0 Å². The number of ether oxygens (including phenoxy) is 2. The third kappa shape index (κ3) is 3.27. The van der Waals surface area contributed by atoms with Gasteiger partial charge in [-0.15, -0.1) is 0 Å². The predicted molar refractivity (Wildman–Crippen MR) is 65.6 cm³/mol. The maximum Gasteiger partial charge on any atom is 0.132 e. The molecule has 1 aromatic carbocycles. The van der Waals surface area contributed by atoms with Gasteiger partial charge in [0.15, 0.2) is 0 Å². The van der Waals surface area contributed by atoms with Crippen LogP contribution in [0.5, 0.6) is 17.2 Å². The van der Waals surface area contributed by atoms with Gasteiger partial charge in [-0.3, -0.25) is 0 Å². The van der Waals surface area contributed by atoms with E-state index >= 15 is 0 Å². The highest BCUT2D eigenvalue weighted by Crippen LogP contribution is 2.39. The molecule has 1 unspecified atom stereocenters. The topological polar surface area (TPSA) is 58.9 Å². The number of phenols is 1. The third-order valence-electron chi connectivity index (χ3n) is 2.58. The van der Waals surface area contributed by atoms with Gasteiger partial charge in [-0.05, 0) is 12.3 Å². The lowest BCUT2D eigenvalue weighted by atomic mass is 9.98. The van der Waals surface area contributed by atoms with E-state index in [0.717, 1.165) is 0 Å². The Labute approximate surface area is 102 Å². The van der Waals surface area contributed by atoms with Crippen molar-refractivity contribution < 1.29 is 19.7 Å². The molecule has 0 saturated heterocycles. The molecule has 1 atom stereocenters. The van der Waals surface area contributed by atoms with Crippen molar-refractivity contribution in [3.05, 3.63) is 17.7 Å². The normalized spacial score (nSPS) is 12.6. The van der Waals surface area contributed by atoms with E-state index in [2.05, 4.69) is 0 Å². The predicted octanol–water partition coefficient (Wildman–Crippen LogP) is 2.49. The van der Waals surface area contributed by atoms with Crippen LogP contribution in [-0.4, -0.2) is 24.4 Å². The molecule has 2 N–H and O–H groups in total. The van der Waals surface area contributed by atoms with E-state index < -0.39 is 6.10 Å². The zero-order valence-corrected chi connectivity index (χ0v) is 10.7. The molecule has 0 bridgehead atoms. The van der Waals surface area contributed by atoms with E-state index in [-0.39, 0.29) is 5.75 Å². The van der Waals surface area contributed by atoms with E-state index in [1.165, 1.54) is 20.3 Å². The number of aliphatic hydroxyl groups is 1. The molecule has 0 fully saturated rings. The summed E-state index contributed by atoms with van der Waals surface area (Å²) in [4.78, 5) is 0. The molecule has 0 aliphatic heterocycles. The fourth-order valence-corrected chi connectivity index (χ4v) is 1.77. The van der Waals surface area contributed by atoms with Crippen molar-refractivity contribution in [2.75, 3.05) is 14.2 Å². The zero-order chi connectivity index (χ0) is 13.0. The van der Waals surface area contributed by atoms with E-state index in [1.54, 1.807) is 6.07 Å². The van der Waals surface area contributed by atoms with Gasteiger partial charge in [-0.1, -0.05) is 13.8 Å². The van der Waals surface area contributed by atoms with Crippen LogP contribution in [0.1, 0.15) is 31.9 Å². The summed E-state index contributed by atoms with van der Waals surface area (Å²) in [5.74, 6) is 1.26. The first-order valence-electron chi connectivity index (χ1n) is 5.62. The largest absolute Gasteiger partial charge is 0.507 e. The van der Waals surface area contributed by atoms with Gasteiger partial charge >= 0.3 is 0 Å². The molecular formula is C13H20O4. The molecule has 0 radical (unpaired) electrons. The SMILES string of the molecule is COc1cc(O)c(C(O)CC(C)C)c(OC)c1. The summed E-state index contributed by atoms with van der Waals surface area (Å²) in [5, 5.41) is 20.0. The Balaban J connectivity index is 3.13. The van der Waals surface area contributed by atoms with Crippen LogP contribution < -0.4 is 9.47 Å². The average molecular weight is 240 g/mol. The lowest BCUT2D eigenvalue weighted by Gasteiger charge is -2.18. The monoisotopic (exact) mass is 240 g/mol.